The maximum Gasteiger partial charge on any atom is 0.210 e. The van der Waals surface area contributed by atoms with Crippen LogP contribution < -0.4 is 0 Å². The molecule has 0 spiro atoms. The molecule has 4 rings (SSSR count). The lowest BCUT2D eigenvalue weighted by Gasteiger charge is -2.23. The average molecular weight is 363 g/mol. The van der Waals surface area contributed by atoms with Crippen molar-refractivity contribution in [2.45, 2.75) is 39.5 Å². The number of hydrogen-bond acceptors (Lipinski definition) is 2. The van der Waals surface area contributed by atoms with Gasteiger partial charge < -0.3 is 9.80 Å². The zero-order valence-electron chi connectivity index (χ0n) is 17.4. The Bertz CT molecular complexity index is 936. The Morgan fingerprint density at radius 3 is 2.59 bits per heavy atom. The van der Waals surface area contributed by atoms with E-state index >= 15 is 0 Å². The number of benzene rings is 2. The summed E-state index contributed by atoms with van der Waals surface area (Å²) in [4.78, 5) is 4.89. The van der Waals surface area contributed by atoms with Gasteiger partial charge in [-0.3, -0.25) is 0 Å². The van der Waals surface area contributed by atoms with E-state index in [0.717, 1.165) is 32.6 Å². The smallest absolute Gasteiger partial charge is 0.210 e. The van der Waals surface area contributed by atoms with Crippen LogP contribution in [-0.4, -0.2) is 53.3 Å². The molecule has 0 unspecified atom stereocenters. The Morgan fingerprint density at radius 2 is 1.85 bits per heavy atom. The molecule has 0 radical (unpaired) electrons. The third-order valence-corrected chi connectivity index (χ3v) is 6.27. The maximum atomic E-state index is 2.56. The fourth-order valence-corrected chi connectivity index (χ4v) is 4.85. The summed E-state index contributed by atoms with van der Waals surface area (Å²) < 4.78 is 2.56. The first-order valence-corrected chi connectivity index (χ1v) is 10.3. The summed E-state index contributed by atoms with van der Waals surface area (Å²) in [6.45, 7) is 13.7. The molecule has 1 fully saturated rings. The predicted molar refractivity (Wildman–Crippen MR) is 115 cm³/mol. The molecule has 2 aliphatic heterocycles. The van der Waals surface area contributed by atoms with Crippen molar-refractivity contribution in [1.82, 2.24) is 9.80 Å². The fraction of sp³-hybridized carbons (Fsp3) is 0.458. The molecule has 0 aliphatic carbocycles. The molecule has 0 aromatic heterocycles. The summed E-state index contributed by atoms with van der Waals surface area (Å²) >= 11 is 0. The van der Waals surface area contributed by atoms with Gasteiger partial charge in [-0.05, 0) is 37.6 Å². The number of hydrogen-bond donors (Lipinski definition) is 0. The molecule has 2 aromatic carbocycles. The summed E-state index contributed by atoms with van der Waals surface area (Å²) in [7, 11) is 2.22. The highest BCUT2D eigenvalue weighted by atomic mass is 15.4. The van der Waals surface area contributed by atoms with Crippen LogP contribution in [0.25, 0.3) is 10.8 Å². The average Bonchev–Trinajstić information content (AvgIpc) is 3.12. The second-order valence-corrected chi connectivity index (χ2v) is 8.35. The van der Waals surface area contributed by atoms with Gasteiger partial charge in [0.05, 0.1) is 5.41 Å². The SMILES string of the molecule is CCC[N+]1=C(/C=C2\N(C)CCN2CC)C(C)(C)c2c1ccc1ccccc21. The van der Waals surface area contributed by atoms with Crippen molar-refractivity contribution in [2.24, 2.45) is 0 Å². The van der Waals surface area contributed by atoms with Crippen molar-refractivity contribution < 1.29 is 4.58 Å². The minimum Gasteiger partial charge on any atom is -0.359 e. The molecule has 142 valence electrons. The molecular formula is C24H32N3+. The van der Waals surface area contributed by atoms with Crippen molar-refractivity contribution in [2.75, 3.05) is 33.2 Å². The van der Waals surface area contributed by atoms with Crippen molar-refractivity contribution in [3.8, 4) is 0 Å². The number of nitrogens with zero attached hydrogens (tertiary/aromatic N) is 3. The molecule has 27 heavy (non-hydrogen) atoms. The Balaban J connectivity index is 1.94. The fourth-order valence-electron chi connectivity index (χ4n) is 4.85. The normalized spacial score (nSPS) is 20.3. The molecule has 0 bridgehead atoms. The quantitative estimate of drug-likeness (QED) is 0.727. The van der Waals surface area contributed by atoms with Crippen LogP contribution in [0.3, 0.4) is 0 Å². The van der Waals surface area contributed by atoms with Crippen LogP contribution in [0.2, 0.25) is 0 Å². The van der Waals surface area contributed by atoms with E-state index in [-0.39, 0.29) is 5.41 Å². The molecule has 2 aromatic rings. The van der Waals surface area contributed by atoms with Crippen LogP contribution in [0.1, 0.15) is 39.7 Å². The van der Waals surface area contributed by atoms with Gasteiger partial charge in [0.15, 0.2) is 5.71 Å². The van der Waals surface area contributed by atoms with Gasteiger partial charge >= 0.3 is 0 Å². The monoisotopic (exact) mass is 362 g/mol. The Labute approximate surface area is 163 Å². The minimum atomic E-state index is -0.0127. The molecule has 0 saturated carbocycles. The summed E-state index contributed by atoms with van der Waals surface area (Å²) in [5, 5.41) is 2.73. The molecule has 3 nitrogen and oxygen atoms in total. The van der Waals surface area contributed by atoms with Gasteiger partial charge in [-0.2, -0.15) is 4.58 Å². The highest BCUT2D eigenvalue weighted by molar-refractivity contribution is 6.07. The van der Waals surface area contributed by atoms with Crippen LogP contribution >= 0.6 is 0 Å². The van der Waals surface area contributed by atoms with E-state index in [1.165, 1.54) is 33.6 Å². The highest BCUT2D eigenvalue weighted by Gasteiger charge is 2.46. The summed E-state index contributed by atoms with van der Waals surface area (Å²) in [6.07, 6.45) is 3.60. The van der Waals surface area contributed by atoms with Crippen molar-refractivity contribution in [3.63, 3.8) is 0 Å². The van der Waals surface area contributed by atoms with Gasteiger partial charge in [0.1, 0.15) is 12.4 Å². The first-order chi connectivity index (χ1) is 13.0. The van der Waals surface area contributed by atoms with Crippen LogP contribution in [-0.2, 0) is 5.41 Å². The van der Waals surface area contributed by atoms with E-state index in [0.29, 0.717) is 0 Å². The van der Waals surface area contributed by atoms with Crippen molar-refractivity contribution in [3.05, 3.63) is 53.9 Å². The van der Waals surface area contributed by atoms with Crippen LogP contribution in [0.4, 0.5) is 5.69 Å². The van der Waals surface area contributed by atoms with E-state index in [9.17, 15) is 0 Å². The number of fused-ring (bicyclic) bond motifs is 3. The van der Waals surface area contributed by atoms with Gasteiger partial charge in [-0.25, -0.2) is 0 Å². The van der Waals surface area contributed by atoms with Crippen LogP contribution in [0, 0.1) is 0 Å². The van der Waals surface area contributed by atoms with Gasteiger partial charge in [0, 0.05) is 50.8 Å². The Kier molecular flexibility index (Phi) is 4.49. The van der Waals surface area contributed by atoms with Crippen molar-refractivity contribution in [1.29, 1.82) is 0 Å². The molecule has 2 heterocycles. The number of likely N-dealkylation sites (N-methyl/N-ethyl adjacent to an activating group) is 2. The summed E-state index contributed by atoms with van der Waals surface area (Å²) in [6, 6.07) is 13.4. The lowest BCUT2D eigenvalue weighted by atomic mass is 9.79. The van der Waals surface area contributed by atoms with E-state index in [4.69, 9.17) is 0 Å². The lowest BCUT2D eigenvalue weighted by molar-refractivity contribution is -0.437. The molecule has 3 heteroatoms. The molecule has 0 amide bonds. The predicted octanol–water partition coefficient (Wildman–Crippen LogP) is 4.73. The Hall–Kier alpha value is -2.29. The largest absolute Gasteiger partial charge is 0.359 e. The van der Waals surface area contributed by atoms with Crippen LogP contribution in [0.5, 0.6) is 0 Å². The third-order valence-electron chi connectivity index (χ3n) is 6.27. The standard InChI is InChI=1S/C24H32N3/c1-6-14-27-20-13-12-18-10-8-9-11-19(18)23(20)24(3,4)21(27)17-22-25(5)15-16-26(22)7-2/h8-13,17H,6-7,14-16H2,1-5H3/q+1. The first-order valence-electron chi connectivity index (χ1n) is 10.3. The van der Waals surface area contributed by atoms with E-state index < -0.39 is 0 Å². The van der Waals surface area contributed by atoms with Crippen molar-refractivity contribution >= 4 is 22.2 Å². The topological polar surface area (TPSA) is 9.49 Å². The number of rotatable bonds is 4. The minimum absolute atomic E-state index is 0.0127. The lowest BCUT2D eigenvalue weighted by Crippen LogP contribution is -2.31. The van der Waals surface area contributed by atoms with Gasteiger partial charge in [-0.1, -0.05) is 31.2 Å². The molecule has 2 aliphatic rings. The first kappa shape index (κ1) is 18.1. The summed E-state index contributed by atoms with van der Waals surface area (Å²) in [5.41, 5.74) is 4.28. The van der Waals surface area contributed by atoms with E-state index in [1.807, 2.05) is 0 Å². The highest BCUT2D eigenvalue weighted by Crippen LogP contribution is 2.44. The van der Waals surface area contributed by atoms with Gasteiger partial charge in [-0.15, -0.1) is 0 Å². The third kappa shape index (κ3) is 2.75. The van der Waals surface area contributed by atoms with Gasteiger partial charge in [0.25, 0.3) is 0 Å². The number of allylic oxidation sites excluding steroid dienone is 1. The Morgan fingerprint density at radius 1 is 1.07 bits per heavy atom. The second kappa shape index (κ2) is 6.70. The molecular weight excluding hydrogens is 330 g/mol. The molecule has 0 atom stereocenters. The van der Waals surface area contributed by atoms with E-state index in [1.54, 1.807) is 0 Å². The van der Waals surface area contributed by atoms with Crippen LogP contribution in [0.15, 0.2) is 48.3 Å². The zero-order valence-corrected chi connectivity index (χ0v) is 17.4. The second-order valence-electron chi connectivity index (χ2n) is 8.35. The maximum absolute atomic E-state index is 2.56. The van der Waals surface area contributed by atoms with E-state index in [2.05, 4.69) is 91.6 Å². The molecule has 0 N–H and O–H groups in total. The van der Waals surface area contributed by atoms with Gasteiger partial charge in [0.2, 0.25) is 5.69 Å². The summed E-state index contributed by atoms with van der Waals surface area (Å²) in [5.74, 6) is 1.36. The zero-order chi connectivity index (χ0) is 19.2. The molecule has 1 saturated heterocycles.